The number of hydrogen-bond acceptors (Lipinski definition) is 5. The van der Waals surface area contributed by atoms with Crippen molar-refractivity contribution in [2.45, 2.75) is 38.1 Å². The van der Waals surface area contributed by atoms with E-state index in [1.165, 1.54) is 0 Å². The molecule has 146 valence electrons. The number of nitrogens with zero attached hydrogens (tertiary/aromatic N) is 1. The smallest absolute Gasteiger partial charge is 0.326 e. The summed E-state index contributed by atoms with van der Waals surface area (Å²) in [6.07, 6.45) is 3.42. The molecule has 0 bridgehead atoms. The number of esters is 1. The Hall–Kier alpha value is -2.28. The normalized spacial score (nSPS) is 24.8. The molecule has 2 aliphatic rings. The highest BCUT2D eigenvalue weighted by Gasteiger charge is 2.55. The van der Waals surface area contributed by atoms with E-state index in [1.807, 2.05) is 6.92 Å². The Labute approximate surface area is 162 Å². The molecule has 1 aliphatic carbocycles. The molecule has 1 N–H and O–H groups in total. The maximum absolute atomic E-state index is 12.8. The fourth-order valence-corrected chi connectivity index (χ4v) is 3.79. The van der Waals surface area contributed by atoms with Crippen LogP contribution in [-0.4, -0.2) is 48.1 Å². The lowest BCUT2D eigenvalue weighted by Gasteiger charge is -2.36. The van der Waals surface area contributed by atoms with Crippen molar-refractivity contribution in [2.24, 2.45) is 5.92 Å². The molecule has 0 unspecified atom stereocenters. The van der Waals surface area contributed by atoms with Gasteiger partial charge in [0.05, 0.1) is 0 Å². The van der Waals surface area contributed by atoms with E-state index in [2.05, 4.69) is 5.32 Å². The van der Waals surface area contributed by atoms with Crippen molar-refractivity contribution in [2.75, 3.05) is 19.8 Å². The summed E-state index contributed by atoms with van der Waals surface area (Å²) in [6, 6.07) is 6.29. The second-order valence-electron chi connectivity index (χ2n) is 6.96. The maximum Gasteiger partial charge on any atom is 0.326 e. The number of hydrogen-bond donors (Lipinski definition) is 1. The Morgan fingerprint density at radius 1 is 1.26 bits per heavy atom. The number of carbonyl (C=O) groups is 3. The van der Waals surface area contributed by atoms with Crippen LogP contribution in [0.5, 0.6) is 5.75 Å². The molecule has 7 nitrogen and oxygen atoms in total. The van der Waals surface area contributed by atoms with Crippen LogP contribution in [-0.2, 0) is 14.3 Å². The Bertz CT molecular complexity index is 723. The average Bonchev–Trinajstić information content (AvgIpc) is 2.88. The molecule has 1 aromatic carbocycles. The van der Waals surface area contributed by atoms with Crippen LogP contribution in [0.15, 0.2) is 24.3 Å². The number of ether oxygens (including phenoxy) is 2. The molecule has 1 heterocycles. The van der Waals surface area contributed by atoms with Gasteiger partial charge in [0.1, 0.15) is 31.0 Å². The van der Waals surface area contributed by atoms with Crippen molar-refractivity contribution in [3.8, 4) is 5.75 Å². The minimum absolute atomic E-state index is 0.0205. The van der Waals surface area contributed by atoms with Crippen LogP contribution in [0.1, 0.15) is 32.6 Å². The van der Waals surface area contributed by atoms with Crippen LogP contribution in [0.25, 0.3) is 0 Å². The number of benzene rings is 1. The average molecular weight is 395 g/mol. The largest absolute Gasteiger partial charge is 0.490 e. The first-order valence-corrected chi connectivity index (χ1v) is 9.48. The SMILES string of the molecule is C[C@H]1CCCC[C@]12NC(=O)N(CC(=O)OCCOc1ccc(Cl)cc1)C2=O. The number of carbonyl (C=O) groups excluding carboxylic acids is 3. The molecule has 1 saturated heterocycles. The standard InChI is InChI=1S/C19H23ClN2O5/c1-13-4-2-3-9-19(13)17(24)22(18(25)21-19)12-16(23)27-11-10-26-15-7-5-14(20)6-8-15/h5-8,13H,2-4,9-12H2,1H3,(H,21,25)/t13-,19-/m0/s1. The summed E-state index contributed by atoms with van der Waals surface area (Å²) in [5.41, 5.74) is -0.868. The molecule has 8 heteroatoms. The lowest BCUT2D eigenvalue weighted by atomic mass is 9.73. The molecule has 3 amide bonds. The van der Waals surface area contributed by atoms with Crippen LogP contribution in [0, 0.1) is 5.92 Å². The van der Waals surface area contributed by atoms with Gasteiger partial charge in [-0.05, 0) is 43.0 Å². The summed E-state index contributed by atoms with van der Waals surface area (Å²) in [4.78, 5) is 38.0. The first-order valence-electron chi connectivity index (χ1n) is 9.10. The van der Waals surface area contributed by atoms with Crippen molar-refractivity contribution in [1.29, 1.82) is 0 Å². The minimum Gasteiger partial charge on any atom is -0.490 e. The van der Waals surface area contributed by atoms with Crippen molar-refractivity contribution in [3.63, 3.8) is 0 Å². The third-order valence-corrected chi connectivity index (χ3v) is 5.47. The lowest BCUT2D eigenvalue weighted by Crippen LogP contribution is -2.54. The van der Waals surface area contributed by atoms with Gasteiger partial charge in [-0.15, -0.1) is 0 Å². The predicted molar refractivity (Wildman–Crippen MR) is 98.5 cm³/mol. The van der Waals surface area contributed by atoms with Crippen LogP contribution in [0.3, 0.4) is 0 Å². The summed E-state index contributed by atoms with van der Waals surface area (Å²) in [6.45, 7) is 1.76. The van der Waals surface area contributed by atoms with Gasteiger partial charge in [0.15, 0.2) is 0 Å². The minimum atomic E-state index is -0.868. The van der Waals surface area contributed by atoms with Gasteiger partial charge < -0.3 is 14.8 Å². The van der Waals surface area contributed by atoms with Crippen molar-refractivity contribution >= 4 is 29.5 Å². The Kier molecular flexibility index (Phi) is 5.89. The zero-order valence-electron chi connectivity index (χ0n) is 15.2. The van der Waals surface area contributed by atoms with Crippen molar-refractivity contribution < 1.29 is 23.9 Å². The molecule has 1 aromatic rings. The zero-order chi connectivity index (χ0) is 19.4. The quantitative estimate of drug-likeness (QED) is 0.455. The number of urea groups is 1. The van der Waals surface area contributed by atoms with Crippen molar-refractivity contribution in [1.82, 2.24) is 10.2 Å². The van der Waals surface area contributed by atoms with E-state index >= 15 is 0 Å². The molecule has 1 spiro atoms. The molecule has 27 heavy (non-hydrogen) atoms. The molecule has 0 aromatic heterocycles. The zero-order valence-corrected chi connectivity index (χ0v) is 16.0. The third kappa shape index (κ3) is 4.18. The van der Waals surface area contributed by atoms with Gasteiger partial charge in [0.25, 0.3) is 5.91 Å². The second-order valence-corrected chi connectivity index (χ2v) is 7.40. The van der Waals surface area contributed by atoms with E-state index in [0.29, 0.717) is 17.2 Å². The fourth-order valence-electron chi connectivity index (χ4n) is 3.66. The van der Waals surface area contributed by atoms with Crippen LogP contribution >= 0.6 is 11.6 Å². The summed E-state index contributed by atoms with van der Waals surface area (Å²) in [5.74, 6) is -0.304. The Morgan fingerprint density at radius 2 is 2.00 bits per heavy atom. The fraction of sp³-hybridized carbons (Fsp3) is 0.526. The Balaban J connectivity index is 1.47. The number of rotatable bonds is 6. The molecule has 2 fully saturated rings. The molecular weight excluding hydrogens is 372 g/mol. The molecule has 1 aliphatic heterocycles. The summed E-state index contributed by atoms with van der Waals surface area (Å²) in [7, 11) is 0. The van der Waals surface area contributed by atoms with Gasteiger partial charge in [-0.25, -0.2) is 4.79 Å². The highest BCUT2D eigenvalue weighted by atomic mass is 35.5. The lowest BCUT2D eigenvalue weighted by molar-refractivity contribution is -0.149. The summed E-state index contributed by atoms with van der Waals surface area (Å²) in [5, 5.41) is 3.42. The van der Waals surface area contributed by atoms with Crippen LogP contribution in [0.4, 0.5) is 4.79 Å². The molecule has 0 radical (unpaired) electrons. The number of amides is 3. The van der Waals surface area contributed by atoms with Gasteiger partial charge in [-0.1, -0.05) is 31.4 Å². The van der Waals surface area contributed by atoms with E-state index in [-0.39, 0.29) is 31.6 Å². The van der Waals surface area contributed by atoms with E-state index in [4.69, 9.17) is 21.1 Å². The molecule has 1 saturated carbocycles. The maximum atomic E-state index is 12.8. The molecule has 2 atom stereocenters. The van der Waals surface area contributed by atoms with Crippen molar-refractivity contribution in [3.05, 3.63) is 29.3 Å². The summed E-state index contributed by atoms with van der Waals surface area (Å²) >= 11 is 5.79. The van der Waals surface area contributed by atoms with E-state index in [1.54, 1.807) is 24.3 Å². The third-order valence-electron chi connectivity index (χ3n) is 5.22. The Morgan fingerprint density at radius 3 is 2.70 bits per heavy atom. The highest BCUT2D eigenvalue weighted by Crippen LogP contribution is 2.38. The van der Waals surface area contributed by atoms with E-state index in [0.717, 1.165) is 24.2 Å². The molecule has 3 rings (SSSR count). The predicted octanol–water partition coefficient (Wildman–Crippen LogP) is 2.76. The number of halogens is 1. The van der Waals surface area contributed by atoms with Gasteiger partial charge in [-0.3, -0.25) is 14.5 Å². The topological polar surface area (TPSA) is 84.9 Å². The van der Waals surface area contributed by atoms with Gasteiger partial charge in [-0.2, -0.15) is 0 Å². The van der Waals surface area contributed by atoms with Crippen LogP contribution in [0.2, 0.25) is 5.02 Å². The molecular formula is C19H23ClN2O5. The first-order chi connectivity index (χ1) is 12.9. The van der Waals surface area contributed by atoms with E-state index < -0.39 is 17.5 Å². The van der Waals surface area contributed by atoms with Gasteiger partial charge in [0.2, 0.25) is 0 Å². The highest BCUT2D eigenvalue weighted by molar-refractivity contribution is 6.30. The number of nitrogens with one attached hydrogen (secondary N) is 1. The second kappa shape index (κ2) is 8.17. The van der Waals surface area contributed by atoms with Crippen LogP contribution < -0.4 is 10.1 Å². The van der Waals surface area contributed by atoms with Gasteiger partial charge in [0, 0.05) is 5.02 Å². The number of imide groups is 1. The monoisotopic (exact) mass is 394 g/mol. The summed E-state index contributed by atoms with van der Waals surface area (Å²) < 4.78 is 10.5. The van der Waals surface area contributed by atoms with Gasteiger partial charge >= 0.3 is 12.0 Å². The first kappa shape index (κ1) is 19.5. The van der Waals surface area contributed by atoms with E-state index in [9.17, 15) is 14.4 Å².